The Labute approximate surface area is 198 Å². The first-order valence-electron chi connectivity index (χ1n) is 12.9. The lowest BCUT2D eigenvalue weighted by molar-refractivity contribution is 0.0329. The van der Waals surface area contributed by atoms with Gasteiger partial charge in [0.15, 0.2) is 0 Å². The second-order valence-electron chi connectivity index (χ2n) is 9.40. The number of hydrogen-bond donors (Lipinski definition) is 0. The first-order chi connectivity index (χ1) is 16.1. The van der Waals surface area contributed by atoms with Crippen molar-refractivity contribution in [1.29, 1.82) is 0 Å². The number of halogens is 1. The molecule has 1 aliphatic rings. The summed E-state index contributed by atoms with van der Waals surface area (Å²) in [4.78, 5) is 12.2. The summed E-state index contributed by atoms with van der Waals surface area (Å²) in [6, 6.07) is 12.4. The molecule has 180 valence electrons. The van der Waals surface area contributed by atoms with Gasteiger partial charge in [0.05, 0.1) is 0 Å². The van der Waals surface area contributed by atoms with Gasteiger partial charge in [0.1, 0.15) is 17.7 Å². The average Bonchev–Trinajstić information content (AvgIpc) is 2.81. The maximum Gasteiger partial charge on any atom is 0.514 e. The molecule has 0 radical (unpaired) electrons. The van der Waals surface area contributed by atoms with Gasteiger partial charge in [-0.05, 0) is 73.8 Å². The van der Waals surface area contributed by atoms with E-state index in [1.54, 1.807) is 30.3 Å². The SMILES string of the molecule is CCCCCc1ccc(-c2ccc(OC(=O)O[C@H]3CC[C@H](CCCCC)CC3)cc2)c(F)c1. The fourth-order valence-electron chi connectivity index (χ4n) is 4.71. The Morgan fingerprint density at radius 2 is 1.61 bits per heavy atom. The Kier molecular flexibility index (Phi) is 10.2. The number of ether oxygens (including phenoxy) is 2. The molecule has 0 heterocycles. The standard InChI is InChI=1S/C29H39FO3/c1-3-5-7-9-22-11-16-25(17-12-22)32-29(31)33-26-18-14-24(15-19-26)27-20-13-23(21-28(27)30)10-8-6-4-2/h13-15,18-22,25H,3-12,16-17H2,1-2H3/t22-,25-. The molecule has 0 N–H and O–H groups in total. The highest BCUT2D eigenvalue weighted by Crippen LogP contribution is 2.31. The quantitative estimate of drug-likeness (QED) is 0.193. The van der Waals surface area contributed by atoms with Crippen molar-refractivity contribution in [1.82, 2.24) is 0 Å². The van der Waals surface area contributed by atoms with Crippen LogP contribution >= 0.6 is 0 Å². The van der Waals surface area contributed by atoms with Crippen LogP contribution in [0.4, 0.5) is 9.18 Å². The van der Waals surface area contributed by atoms with Gasteiger partial charge in [0.25, 0.3) is 0 Å². The number of hydrogen-bond acceptors (Lipinski definition) is 3. The zero-order valence-corrected chi connectivity index (χ0v) is 20.3. The van der Waals surface area contributed by atoms with Gasteiger partial charge in [0, 0.05) is 5.56 Å². The number of carbonyl (C=O) groups is 1. The van der Waals surface area contributed by atoms with Crippen LogP contribution in [-0.4, -0.2) is 12.3 Å². The Morgan fingerprint density at radius 3 is 2.27 bits per heavy atom. The molecule has 0 saturated heterocycles. The smallest absolute Gasteiger partial charge is 0.431 e. The van der Waals surface area contributed by atoms with Crippen molar-refractivity contribution in [2.45, 2.75) is 97.0 Å². The maximum absolute atomic E-state index is 14.6. The zero-order valence-electron chi connectivity index (χ0n) is 20.3. The van der Waals surface area contributed by atoms with E-state index in [9.17, 15) is 9.18 Å². The van der Waals surface area contributed by atoms with Crippen LogP contribution in [0.5, 0.6) is 5.75 Å². The van der Waals surface area contributed by atoms with Crippen LogP contribution in [-0.2, 0) is 11.2 Å². The van der Waals surface area contributed by atoms with Crippen molar-refractivity contribution < 1.29 is 18.7 Å². The van der Waals surface area contributed by atoms with Gasteiger partial charge in [-0.3, -0.25) is 0 Å². The summed E-state index contributed by atoms with van der Waals surface area (Å²) in [6.07, 6.45) is 12.8. The van der Waals surface area contributed by atoms with Crippen molar-refractivity contribution in [3.05, 3.63) is 53.8 Å². The fourth-order valence-corrected chi connectivity index (χ4v) is 4.71. The Bertz CT molecular complexity index is 854. The molecular weight excluding hydrogens is 415 g/mol. The molecule has 3 rings (SSSR count). The van der Waals surface area contributed by atoms with Crippen molar-refractivity contribution in [3.63, 3.8) is 0 Å². The van der Waals surface area contributed by atoms with E-state index >= 15 is 0 Å². The number of unbranched alkanes of at least 4 members (excludes halogenated alkanes) is 4. The first kappa shape index (κ1) is 25.3. The summed E-state index contributed by atoms with van der Waals surface area (Å²) in [5.41, 5.74) is 2.34. The Morgan fingerprint density at radius 1 is 0.909 bits per heavy atom. The molecule has 2 aromatic rings. The first-order valence-corrected chi connectivity index (χ1v) is 12.9. The third kappa shape index (κ3) is 8.17. The summed E-state index contributed by atoms with van der Waals surface area (Å²) in [7, 11) is 0. The summed E-state index contributed by atoms with van der Waals surface area (Å²) in [5, 5.41) is 0. The van der Waals surface area contributed by atoms with Crippen LogP contribution in [0.2, 0.25) is 0 Å². The fraction of sp³-hybridized carbons (Fsp3) is 0.552. The molecule has 2 aromatic carbocycles. The molecule has 0 unspecified atom stereocenters. The summed E-state index contributed by atoms with van der Waals surface area (Å²) >= 11 is 0. The molecule has 1 fully saturated rings. The largest absolute Gasteiger partial charge is 0.514 e. The van der Waals surface area contributed by atoms with Crippen LogP contribution in [0.25, 0.3) is 11.1 Å². The third-order valence-corrected chi connectivity index (χ3v) is 6.74. The monoisotopic (exact) mass is 454 g/mol. The second kappa shape index (κ2) is 13.4. The molecule has 1 saturated carbocycles. The van der Waals surface area contributed by atoms with Crippen LogP contribution in [0, 0.1) is 11.7 Å². The van der Waals surface area contributed by atoms with E-state index in [2.05, 4.69) is 13.8 Å². The molecule has 0 atom stereocenters. The average molecular weight is 455 g/mol. The summed E-state index contributed by atoms with van der Waals surface area (Å²) in [5.74, 6) is 0.960. The minimum absolute atomic E-state index is 0.0517. The highest BCUT2D eigenvalue weighted by atomic mass is 19.1. The molecule has 3 nitrogen and oxygen atoms in total. The highest BCUT2D eigenvalue weighted by molar-refractivity contribution is 5.67. The van der Waals surface area contributed by atoms with Gasteiger partial charge in [-0.1, -0.05) is 76.6 Å². The molecule has 0 amide bonds. The van der Waals surface area contributed by atoms with Crippen molar-refractivity contribution in [2.24, 2.45) is 5.92 Å². The van der Waals surface area contributed by atoms with Crippen molar-refractivity contribution >= 4 is 6.16 Å². The van der Waals surface area contributed by atoms with Crippen molar-refractivity contribution in [3.8, 4) is 16.9 Å². The number of aryl methyl sites for hydroxylation is 1. The molecule has 1 aliphatic carbocycles. The van der Waals surface area contributed by atoms with Gasteiger partial charge in [-0.15, -0.1) is 0 Å². The van der Waals surface area contributed by atoms with Crippen LogP contribution in [0.15, 0.2) is 42.5 Å². The molecule has 4 heteroatoms. The third-order valence-electron chi connectivity index (χ3n) is 6.74. The second-order valence-corrected chi connectivity index (χ2v) is 9.40. The summed E-state index contributed by atoms with van der Waals surface area (Å²) < 4.78 is 25.5. The topological polar surface area (TPSA) is 35.5 Å². The molecule has 0 spiro atoms. The molecule has 0 bridgehead atoms. The van der Waals surface area contributed by atoms with Gasteiger partial charge < -0.3 is 9.47 Å². The van der Waals surface area contributed by atoms with Crippen LogP contribution in [0.1, 0.15) is 90.0 Å². The number of carbonyl (C=O) groups excluding carboxylic acids is 1. The van der Waals surface area contributed by atoms with E-state index in [0.29, 0.717) is 11.3 Å². The van der Waals surface area contributed by atoms with Crippen molar-refractivity contribution in [2.75, 3.05) is 0 Å². The Balaban J connectivity index is 1.46. The normalized spacial score (nSPS) is 18.2. The van der Waals surface area contributed by atoms with E-state index in [1.807, 2.05) is 12.1 Å². The minimum atomic E-state index is -0.653. The predicted octanol–water partition coefficient (Wildman–Crippen LogP) is 8.88. The summed E-state index contributed by atoms with van der Waals surface area (Å²) in [6.45, 7) is 4.39. The molecule has 0 aliphatic heterocycles. The number of benzene rings is 2. The maximum atomic E-state index is 14.6. The molecular formula is C29H39FO3. The highest BCUT2D eigenvalue weighted by Gasteiger charge is 2.24. The van der Waals surface area contributed by atoms with Gasteiger partial charge in [-0.25, -0.2) is 9.18 Å². The van der Waals surface area contributed by atoms with Gasteiger partial charge in [-0.2, -0.15) is 0 Å². The van der Waals surface area contributed by atoms with E-state index in [1.165, 1.54) is 25.7 Å². The van der Waals surface area contributed by atoms with E-state index in [0.717, 1.165) is 68.4 Å². The van der Waals surface area contributed by atoms with Crippen LogP contribution < -0.4 is 4.74 Å². The minimum Gasteiger partial charge on any atom is -0.431 e. The van der Waals surface area contributed by atoms with E-state index < -0.39 is 6.16 Å². The van der Waals surface area contributed by atoms with Gasteiger partial charge in [0.2, 0.25) is 0 Å². The van der Waals surface area contributed by atoms with E-state index in [-0.39, 0.29) is 11.9 Å². The Hall–Kier alpha value is -2.36. The predicted molar refractivity (Wildman–Crippen MR) is 132 cm³/mol. The van der Waals surface area contributed by atoms with Crippen LogP contribution in [0.3, 0.4) is 0 Å². The molecule has 33 heavy (non-hydrogen) atoms. The molecule has 0 aromatic heterocycles. The lowest BCUT2D eigenvalue weighted by Gasteiger charge is -2.27. The number of rotatable bonds is 11. The van der Waals surface area contributed by atoms with Gasteiger partial charge >= 0.3 is 6.16 Å². The lowest BCUT2D eigenvalue weighted by Crippen LogP contribution is -2.26. The lowest BCUT2D eigenvalue weighted by atomic mass is 9.84. The zero-order chi connectivity index (χ0) is 23.5. The van der Waals surface area contributed by atoms with E-state index in [4.69, 9.17) is 9.47 Å².